The van der Waals surface area contributed by atoms with Crippen molar-refractivity contribution < 1.29 is 46.9 Å². The molecule has 1 aliphatic rings. The second-order valence-corrected chi connectivity index (χ2v) is 11.3. The van der Waals surface area contributed by atoms with E-state index in [-0.39, 0.29) is 52.3 Å². The molecule has 0 saturated heterocycles. The Morgan fingerprint density at radius 1 is 1.11 bits per heavy atom. The summed E-state index contributed by atoms with van der Waals surface area (Å²) in [6.45, 7) is 5.40. The number of nitrogens with zero attached hydrogens (tertiary/aromatic N) is 2. The van der Waals surface area contributed by atoms with Crippen LogP contribution in [0.5, 0.6) is 11.5 Å². The molecule has 0 bridgehead atoms. The monoisotopic (exact) mass is 616 g/mol. The number of rotatable bonds is 12. The van der Waals surface area contributed by atoms with Gasteiger partial charge in [-0.05, 0) is 83.7 Å². The first-order valence-corrected chi connectivity index (χ1v) is 13.9. The number of alkyl carbamates (subject to hydrolysis) is 1. The number of carbonyl (C=O) groups excluding carboxylic acids is 2. The lowest BCUT2D eigenvalue weighted by molar-refractivity contribution is -0.0515. The van der Waals surface area contributed by atoms with Crippen molar-refractivity contribution in [2.75, 3.05) is 6.61 Å². The van der Waals surface area contributed by atoms with Crippen molar-refractivity contribution in [1.29, 1.82) is 0 Å². The Bertz CT molecular complexity index is 1530. The molecule has 1 unspecified atom stereocenters. The van der Waals surface area contributed by atoms with Crippen LogP contribution in [-0.4, -0.2) is 51.9 Å². The molecule has 1 fully saturated rings. The Balaban J connectivity index is 1.62. The molecule has 1 atom stereocenters. The number of pyridine rings is 1. The first kappa shape index (κ1) is 32.2. The number of aryl methyl sites for hydroxylation is 1. The number of ether oxygens (including phenoxy) is 3. The summed E-state index contributed by atoms with van der Waals surface area (Å²) in [5, 5.41) is 14.6. The van der Waals surface area contributed by atoms with Crippen LogP contribution in [-0.2, 0) is 11.3 Å². The van der Waals surface area contributed by atoms with Crippen LogP contribution in [0, 0.1) is 12.8 Å². The molecule has 1 saturated carbocycles. The number of carbonyl (C=O) groups is 3. The smallest absolute Gasteiger partial charge is 0.408 e. The standard InChI is InChI=1S/C30H34F2N4O8/c1-15-19(27(38)39)9-10-20(34-15)25(37)33-13-21-24(16(2)35-29(40)44-30(3,4)5)43-26(36-21)18-8-11-22(42-28(31)32)23(12-18)41-14-17-6-7-17/h8-12,16-17,28H,6-7,13-14H2,1-5H3,(H,33,37)(H,35,40)(H,38,39). The van der Waals surface area contributed by atoms with E-state index in [4.69, 9.17) is 13.9 Å². The van der Waals surface area contributed by atoms with E-state index in [1.807, 2.05) is 0 Å². The van der Waals surface area contributed by atoms with Crippen molar-refractivity contribution >= 4 is 18.0 Å². The van der Waals surface area contributed by atoms with Crippen LogP contribution in [0.3, 0.4) is 0 Å². The summed E-state index contributed by atoms with van der Waals surface area (Å²) in [7, 11) is 0. The Morgan fingerprint density at radius 2 is 1.84 bits per heavy atom. The molecular formula is C30H34F2N4O8. The highest BCUT2D eigenvalue weighted by atomic mass is 19.3. The summed E-state index contributed by atoms with van der Waals surface area (Å²) in [5.74, 6) is -1.19. The predicted octanol–water partition coefficient (Wildman–Crippen LogP) is 5.65. The van der Waals surface area contributed by atoms with Gasteiger partial charge in [0.1, 0.15) is 17.0 Å². The fraction of sp³-hybridized carbons (Fsp3) is 0.433. The molecule has 4 rings (SSSR count). The van der Waals surface area contributed by atoms with Crippen LogP contribution >= 0.6 is 0 Å². The summed E-state index contributed by atoms with van der Waals surface area (Å²) >= 11 is 0. The Kier molecular flexibility index (Phi) is 9.70. The number of benzene rings is 1. The van der Waals surface area contributed by atoms with Crippen molar-refractivity contribution in [2.45, 2.75) is 72.3 Å². The number of oxazole rings is 1. The van der Waals surface area contributed by atoms with E-state index < -0.39 is 36.2 Å². The quantitative estimate of drug-likeness (QED) is 0.232. The minimum absolute atomic E-state index is 0.00947. The van der Waals surface area contributed by atoms with E-state index in [2.05, 4.69) is 25.3 Å². The highest BCUT2D eigenvalue weighted by molar-refractivity contribution is 5.94. The van der Waals surface area contributed by atoms with E-state index in [1.165, 1.54) is 37.3 Å². The van der Waals surface area contributed by atoms with Crippen LogP contribution in [0.25, 0.3) is 11.5 Å². The molecule has 1 aliphatic carbocycles. The van der Waals surface area contributed by atoms with E-state index in [0.29, 0.717) is 18.1 Å². The van der Waals surface area contributed by atoms with Crippen molar-refractivity contribution in [3.8, 4) is 23.0 Å². The molecule has 1 aromatic carbocycles. The maximum atomic E-state index is 13.0. The third-order valence-corrected chi connectivity index (χ3v) is 6.40. The second kappa shape index (κ2) is 13.3. The predicted molar refractivity (Wildman–Crippen MR) is 152 cm³/mol. The van der Waals surface area contributed by atoms with Gasteiger partial charge in [-0.1, -0.05) is 0 Å². The van der Waals surface area contributed by atoms with E-state index in [0.717, 1.165) is 12.8 Å². The Hall–Kier alpha value is -4.75. The van der Waals surface area contributed by atoms with Crippen molar-refractivity contribution in [1.82, 2.24) is 20.6 Å². The lowest BCUT2D eigenvalue weighted by atomic mass is 10.1. The molecule has 236 valence electrons. The third-order valence-electron chi connectivity index (χ3n) is 6.40. The maximum absolute atomic E-state index is 13.0. The average Bonchev–Trinajstić information content (AvgIpc) is 3.65. The number of nitrogens with one attached hydrogen (secondary N) is 2. The number of hydrogen-bond donors (Lipinski definition) is 3. The molecule has 3 aromatic rings. The number of alkyl halides is 2. The highest BCUT2D eigenvalue weighted by Crippen LogP contribution is 2.37. The van der Waals surface area contributed by atoms with Crippen LogP contribution in [0.15, 0.2) is 34.7 Å². The average molecular weight is 617 g/mol. The van der Waals surface area contributed by atoms with Crippen LogP contribution < -0.4 is 20.1 Å². The highest BCUT2D eigenvalue weighted by Gasteiger charge is 2.27. The zero-order valence-corrected chi connectivity index (χ0v) is 24.9. The van der Waals surface area contributed by atoms with Gasteiger partial charge in [0.2, 0.25) is 5.89 Å². The maximum Gasteiger partial charge on any atom is 0.408 e. The number of aromatic nitrogens is 2. The largest absolute Gasteiger partial charge is 0.489 e. The van der Waals surface area contributed by atoms with Gasteiger partial charge < -0.3 is 34.4 Å². The van der Waals surface area contributed by atoms with Gasteiger partial charge in [0.15, 0.2) is 17.3 Å². The minimum Gasteiger partial charge on any atom is -0.489 e. The first-order valence-electron chi connectivity index (χ1n) is 13.9. The molecule has 12 nitrogen and oxygen atoms in total. The fourth-order valence-corrected chi connectivity index (χ4v) is 4.11. The number of hydrogen-bond acceptors (Lipinski definition) is 9. The molecular weight excluding hydrogens is 582 g/mol. The topological polar surface area (TPSA) is 162 Å². The molecule has 44 heavy (non-hydrogen) atoms. The van der Waals surface area contributed by atoms with Gasteiger partial charge in [0.25, 0.3) is 5.91 Å². The molecule has 0 aliphatic heterocycles. The van der Waals surface area contributed by atoms with Gasteiger partial charge >= 0.3 is 18.7 Å². The summed E-state index contributed by atoms with van der Waals surface area (Å²) in [6, 6.07) is 6.09. The molecule has 0 spiro atoms. The Labute approximate surface area is 252 Å². The summed E-state index contributed by atoms with van der Waals surface area (Å²) in [6.07, 6.45) is 1.27. The zero-order chi connectivity index (χ0) is 32.2. The second-order valence-electron chi connectivity index (χ2n) is 11.3. The van der Waals surface area contributed by atoms with Gasteiger partial charge in [0, 0.05) is 5.56 Å². The summed E-state index contributed by atoms with van der Waals surface area (Å²) in [4.78, 5) is 45.3. The normalized spacial score (nSPS) is 13.7. The zero-order valence-electron chi connectivity index (χ0n) is 24.9. The van der Waals surface area contributed by atoms with Gasteiger partial charge in [-0.15, -0.1) is 0 Å². The van der Waals surface area contributed by atoms with Gasteiger partial charge in [-0.2, -0.15) is 8.78 Å². The SMILES string of the molecule is Cc1nc(C(=O)NCc2nc(-c3ccc(OC(F)F)c(OCC4CC4)c3)oc2C(C)NC(=O)OC(C)(C)C)ccc1C(=O)O. The number of amides is 2. The van der Waals surface area contributed by atoms with Crippen molar-refractivity contribution in [2.24, 2.45) is 5.92 Å². The molecule has 2 amide bonds. The number of carboxylic acids is 1. The van der Waals surface area contributed by atoms with E-state index in [9.17, 15) is 28.3 Å². The van der Waals surface area contributed by atoms with Crippen LogP contribution in [0.1, 0.15) is 84.6 Å². The van der Waals surface area contributed by atoms with Gasteiger partial charge in [-0.25, -0.2) is 19.6 Å². The lowest BCUT2D eigenvalue weighted by Crippen LogP contribution is -2.34. The van der Waals surface area contributed by atoms with E-state index in [1.54, 1.807) is 27.7 Å². The van der Waals surface area contributed by atoms with Gasteiger partial charge in [0.05, 0.1) is 30.5 Å². The summed E-state index contributed by atoms with van der Waals surface area (Å²) in [5.41, 5.74) is 0.00491. The molecule has 14 heteroatoms. The Morgan fingerprint density at radius 3 is 2.45 bits per heavy atom. The van der Waals surface area contributed by atoms with Gasteiger partial charge in [-0.3, -0.25) is 4.79 Å². The van der Waals surface area contributed by atoms with Crippen LogP contribution in [0.4, 0.5) is 13.6 Å². The fourth-order valence-electron chi connectivity index (χ4n) is 4.11. The molecule has 3 N–H and O–H groups in total. The number of carboxylic acid groups (broad SMARTS) is 1. The summed E-state index contributed by atoms with van der Waals surface area (Å²) < 4.78 is 47.8. The number of aromatic carboxylic acids is 1. The molecule has 2 aromatic heterocycles. The van der Waals surface area contributed by atoms with Crippen LogP contribution in [0.2, 0.25) is 0 Å². The van der Waals surface area contributed by atoms with Crippen molar-refractivity contribution in [3.63, 3.8) is 0 Å². The third kappa shape index (κ3) is 8.64. The molecule has 2 heterocycles. The minimum atomic E-state index is -3.05. The first-order chi connectivity index (χ1) is 20.7. The van der Waals surface area contributed by atoms with E-state index >= 15 is 0 Å². The van der Waals surface area contributed by atoms with Crippen molar-refractivity contribution in [3.05, 3.63) is 58.7 Å². The lowest BCUT2D eigenvalue weighted by Gasteiger charge is -2.21. The number of halogens is 2. The molecule has 0 radical (unpaired) electrons.